The van der Waals surface area contributed by atoms with E-state index in [1.54, 1.807) is 0 Å². The number of furan rings is 1. The fourth-order valence-electron chi connectivity index (χ4n) is 4.43. The molecule has 1 amide bonds. The van der Waals surface area contributed by atoms with Crippen LogP contribution in [0.2, 0.25) is 5.02 Å². The minimum Gasteiger partial charge on any atom is -0.457 e. The van der Waals surface area contributed by atoms with Crippen LogP contribution in [-0.2, 0) is 0 Å². The molecule has 1 fully saturated rings. The van der Waals surface area contributed by atoms with E-state index < -0.39 is 0 Å². The first kappa shape index (κ1) is 21.3. The van der Waals surface area contributed by atoms with E-state index >= 15 is 0 Å². The molecule has 6 heteroatoms. The number of hydrogen-bond acceptors (Lipinski definition) is 4. The van der Waals surface area contributed by atoms with E-state index in [-0.39, 0.29) is 11.9 Å². The van der Waals surface area contributed by atoms with Crippen molar-refractivity contribution in [2.75, 3.05) is 18.4 Å². The number of carbonyl (C=O) groups excluding carboxylic acids is 1. The lowest BCUT2D eigenvalue weighted by Gasteiger charge is -2.36. The van der Waals surface area contributed by atoms with Gasteiger partial charge in [-0.05, 0) is 73.1 Å². The fourth-order valence-corrected chi connectivity index (χ4v) is 5.17. The molecule has 32 heavy (non-hydrogen) atoms. The highest BCUT2D eigenvalue weighted by atomic mass is 35.5. The fraction of sp³-hybridized carbons (Fsp3) is 0.269. The molecular formula is C26H25ClN2O2S. The number of amides is 1. The summed E-state index contributed by atoms with van der Waals surface area (Å²) in [5.74, 6) is 1.37. The van der Waals surface area contributed by atoms with Crippen molar-refractivity contribution < 1.29 is 9.21 Å². The number of carbonyl (C=O) groups is 1. The zero-order valence-electron chi connectivity index (χ0n) is 17.9. The topological polar surface area (TPSA) is 45.5 Å². The molecular weight excluding hydrogens is 440 g/mol. The van der Waals surface area contributed by atoms with Crippen molar-refractivity contribution in [2.24, 2.45) is 5.92 Å². The zero-order valence-corrected chi connectivity index (χ0v) is 19.5. The summed E-state index contributed by atoms with van der Waals surface area (Å²) in [6.07, 6.45) is 2.28. The van der Waals surface area contributed by atoms with Gasteiger partial charge < -0.3 is 9.73 Å². The van der Waals surface area contributed by atoms with Crippen LogP contribution < -0.4 is 5.32 Å². The Morgan fingerprint density at radius 3 is 2.56 bits per heavy atom. The summed E-state index contributed by atoms with van der Waals surface area (Å²) in [4.78, 5) is 16.2. The van der Waals surface area contributed by atoms with Gasteiger partial charge in [-0.1, -0.05) is 48.9 Å². The molecule has 4 nitrogen and oxygen atoms in total. The average Bonchev–Trinajstić information content (AvgIpc) is 3.46. The number of benzene rings is 2. The molecule has 5 rings (SSSR count). The first-order valence-corrected chi connectivity index (χ1v) is 12.2. The Balaban J connectivity index is 1.63. The summed E-state index contributed by atoms with van der Waals surface area (Å²) >= 11 is 7.63. The molecule has 2 aromatic carbocycles. The second kappa shape index (κ2) is 9.10. The number of hydrogen-bond donors (Lipinski definition) is 1. The maximum absolute atomic E-state index is 13.0. The highest BCUT2D eigenvalue weighted by molar-refractivity contribution is 7.12. The van der Waals surface area contributed by atoms with Crippen molar-refractivity contribution >= 4 is 45.5 Å². The van der Waals surface area contributed by atoms with Crippen LogP contribution in [0.25, 0.3) is 11.0 Å². The van der Waals surface area contributed by atoms with Crippen LogP contribution >= 0.6 is 22.9 Å². The molecule has 4 aromatic rings. The molecule has 1 saturated heterocycles. The molecule has 1 aliphatic rings. The van der Waals surface area contributed by atoms with E-state index in [1.165, 1.54) is 11.3 Å². The predicted octanol–water partition coefficient (Wildman–Crippen LogP) is 7.22. The number of piperidine rings is 1. The Morgan fingerprint density at radius 2 is 1.84 bits per heavy atom. The van der Waals surface area contributed by atoms with Crippen LogP contribution in [0.4, 0.5) is 5.69 Å². The smallest absolute Gasteiger partial charge is 0.265 e. The van der Waals surface area contributed by atoms with Gasteiger partial charge in [0, 0.05) is 10.4 Å². The number of para-hydroxylation sites is 1. The summed E-state index contributed by atoms with van der Waals surface area (Å²) in [5, 5.41) is 6.70. The van der Waals surface area contributed by atoms with Gasteiger partial charge in [0.1, 0.15) is 11.3 Å². The van der Waals surface area contributed by atoms with Crippen molar-refractivity contribution in [3.8, 4) is 0 Å². The van der Waals surface area contributed by atoms with E-state index in [0.717, 1.165) is 53.9 Å². The lowest BCUT2D eigenvalue weighted by Crippen LogP contribution is -2.37. The van der Waals surface area contributed by atoms with Crippen molar-refractivity contribution in [1.82, 2.24) is 4.90 Å². The van der Waals surface area contributed by atoms with Gasteiger partial charge in [0.2, 0.25) is 0 Å². The molecule has 0 saturated carbocycles. The maximum atomic E-state index is 13.0. The van der Waals surface area contributed by atoms with Crippen molar-refractivity contribution in [3.63, 3.8) is 0 Å². The standard InChI is InChI=1S/C26H25ClN2O2S/c1-17-12-14-29(15-13-17)24(18-8-10-19(27)11-9-18)25-23(20-5-2-3-6-21(20)31-25)28-26(30)22-7-4-16-32-22/h2-11,16-17,24H,12-15H2,1H3,(H,28,30)/t24-/m1/s1. The molecule has 0 aliphatic carbocycles. The van der Waals surface area contributed by atoms with Gasteiger partial charge in [0.05, 0.1) is 16.6 Å². The first-order chi connectivity index (χ1) is 15.6. The average molecular weight is 465 g/mol. The van der Waals surface area contributed by atoms with Crippen LogP contribution in [0, 0.1) is 5.92 Å². The summed E-state index contributed by atoms with van der Waals surface area (Å²) in [6, 6.07) is 19.5. The van der Waals surface area contributed by atoms with Crippen LogP contribution in [0.3, 0.4) is 0 Å². The third-order valence-electron chi connectivity index (χ3n) is 6.22. The van der Waals surface area contributed by atoms with E-state index in [4.69, 9.17) is 16.0 Å². The van der Waals surface area contributed by atoms with Gasteiger partial charge in [-0.2, -0.15) is 0 Å². The van der Waals surface area contributed by atoms with Crippen molar-refractivity contribution in [1.29, 1.82) is 0 Å². The SMILES string of the molecule is CC1CCN([C@H](c2ccc(Cl)cc2)c2oc3ccccc3c2NC(=O)c2cccs2)CC1. The third-order valence-corrected chi connectivity index (χ3v) is 7.34. The van der Waals surface area contributed by atoms with Gasteiger partial charge in [-0.25, -0.2) is 0 Å². The van der Waals surface area contributed by atoms with Gasteiger partial charge in [0.15, 0.2) is 0 Å². The van der Waals surface area contributed by atoms with Gasteiger partial charge in [0.25, 0.3) is 5.91 Å². The monoisotopic (exact) mass is 464 g/mol. The normalized spacial score (nSPS) is 16.3. The molecule has 1 atom stereocenters. The van der Waals surface area contributed by atoms with E-state index in [9.17, 15) is 4.79 Å². The molecule has 1 N–H and O–H groups in total. The molecule has 2 aromatic heterocycles. The van der Waals surface area contributed by atoms with Crippen LogP contribution in [0.15, 0.2) is 70.5 Å². The number of nitrogens with zero attached hydrogens (tertiary/aromatic N) is 1. The molecule has 0 spiro atoms. The largest absolute Gasteiger partial charge is 0.457 e. The quantitative estimate of drug-likeness (QED) is 0.339. The van der Waals surface area contributed by atoms with E-state index in [1.807, 2.05) is 53.9 Å². The summed E-state index contributed by atoms with van der Waals surface area (Å²) in [5.41, 5.74) is 2.63. The summed E-state index contributed by atoms with van der Waals surface area (Å²) in [7, 11) is 0. The Kier molecular flexibility index (Phi) is 6.05. The molecule has 0 bridgehead atoms. The third kappa shape index (κ3) is 4.20. The number of rotatable bonds is 5. The zero-order chi connectivity index (χ0) is 22.1. The van der Waals surface area contributed by atoms with Crippen LogP contribution in [0.5, 0.6) is 0 Å². The summed E-state index contributed by atoms with van der Waals surface area (Å²) in [6.45, 7) is 4.26. The number of thiophene rings is 1. The van der Waals surface area contributed by atoms with Crippen molar-refractivity contribution in [2.45, 2.75) is 25.8 Å². The lowest BCUT2D eigenvalue weighted by atomic mass is 9.94. The molecule has 0 radical (unpaired) electrons. The number of halogens is 1. The Bertz CT molecular complexity index is 1210. The molecule has 164 valence electrons. The number of anilines is 1. The Morgan fingerprint density at radius 1 is 1.09 bits per heavy atom. The van der Waals surface area contributed by atoms with Crippen LogP contribution in [-0.4, -0.2) is 23.9 Å². The maximum Gasteiger partial charge on any atom is 0.265 e. The Hall–Kier alpha value is -2.60. The molecule has 1 aliphatic heterocycles. The number of fused-ring (bicyclic) bond motifs is 1. The van der Waals surface area contributed by atoms with E-state index in [2.05, 4.69) is 29.3 Å². The molecule has 3 heterocycles. The number of likely N-dealkylation sites (tertiary alicyclic amines) is 1. The van der Waals surface area contributed by atoms with Gasteiger partial charge >= 0.3 is 0 Å². The summed E-state index contributed by atoms with van der Waals surface area (Å²) < 4.78 is 6.46. The minimum absolute atomic E-state index is 0.106. The predicted molar refractivity (Wildman–Crippen MR) is 132 cm³/mol. The van der Waals surface area contributed by atoms with Crippen molar-refractivity contribution in [3.05, 3.63) is 87.3 Å². The van der Waals surface area contributed by atoms with Gasteiger partial charge in [-0.3, -0.25) is 9.69 Å². The first-order valence-electron chi connectivity index (χ1n) is 11.0. The highest BCUT2D eigenvalue weighted by Gasteiger charge is 2.32. The number of nitrogens with one attached hydrogen (secondary N) is 1. The second-order valence-corrected chi connectivity index (χ2v) is 9.83. The van der Waals surface area contributed by atoms with Gasteiger partial charge in [-0.15, -0.1) is 11.3 Å². The minimum atomic E-state index is -0.116. The second-order valence-electron chi connectivity index (χ2n) is 8.44. The highest BCUT2D eigenvalue weighted by Crippen LogP contribution is 2.42. The van der Waals surface area contributed by atoms with E-state index in [0.29, 0.717) is 15.8 Å². The lowest BCUT2D eigenvalue weighted by molar-refractivity contribution is 0.102. The van der Waals surface area contributed by atoms with Crippen LogP contribution in [0.1, 0.15) is 46.8 Å². The molecule has 0 unspecified atom stereocenters. The Labute approximate surface area is 196 Å².